The van der Waals surface area contributed by atoms with Crippen LogP contribution in [0.5, 0.6) is 5.75 Å². The maximum Gasteiger partial charge on any atom is 0.300 e. The maximum atomic E-state index is 13.5. The molecule has 1 unspecified atom stereocenters. The van der Waals surface area contributed by atoms with Crippen LogP contribution < -0.4 is 14.5 Å². The molecule has 0 aliphatic carbocycles. The lowest BCUT2D eigenvalue weighted by molar-refractivity contribution is -0.132. The summed E-state index contributed by atoms with van der Waals surface area (Å²) in [5.41, 5.74) is 3.92. The van der Waals surface area contributed by atoms with Crippen LogP contribution in [0.15, 0.2) is 78.4 Å². The van der Waals surface area contributed by atoms with E-state index in [-0.39, 0.29) is 16.7 Å². The first-order valence-electron chi connectivity index (χ1n) is 13.9. The molecule has 1 atom stereocenters. The molecule has 1 fully saturated rings. The van der Waals surface area contributed by atoms with Gasteiger partial charge in [-0.25, -0.2) is 0 Å². The number of anilines is 2. The van der Waals surface area contributed by atoms with E-state index >= 15 is 0 Å². The van der Waals surface area contributed by atoms with Crippen molar-refractivity contribution in [1.29, 1.82) is 0 Å². The van der Waals surface area contributed by atoms with Crippen LogP contribution in [0.3, 0.4) is 0 Å². The van der Waals surface area contributed by atoms with E-state index in [1.54, 1.807) is 24.3 Å². The van der Waals surface area contributed by atoms with E-state index in [4.69, 9.17) is 4.74 Å². The second-order valence-corrected chi connectivity index (χ2v) is 11.5. The Morgan fingerprint density at radius 1 is 0.900 bits per heavy atom. The van der Waals surface area contributed by atoms with Crippen molar-refractivity contribution in [2.45, 2.75) is 58.4 Å². The van der Waals surface area contributed by atoms with Gasteiger partial charge in [-0.15, -0.1) is 0 Å². The van der Waals surface area contributed by atoms with Gasteiger partial charge in [0.1, 0.15) is 11.5 Å². The van der Waals surface area contributed by atoms with E-state index in [0.717, 1.165) is 36.1 Å². The Kier molecular flexibility index (Phi) is 8.67. The molecule has 210 valence electrons. The smallest absolute Gasteiger partial charge is 0.300 e. The summed E-state index contributed by atoms with van der Waals surface area (Å²) in [7, 11) is 3.91. The third-order valence-electron chi connectivity index (χ3n) is 7.33. The lowest BCUT2D eigenvalue weighted by Gasteiger charge is -2.27. The highest BCUT2D eigenvalue weighted by Crippen LogP contribution is 2.43. The molecular weight excluding hydrogens is 500 g/mol. The van der Waals surface area contributed by atoms with Gasteiger partial charge in [0.05, 0.1) is 18.2 Å². The summed E-state index contributed by atoms with van der Waals surface area (Å²) in [6, 6.07) is 21.7. The predicted molar refractivity (Wildman–Crippen MR) is 162 cm³/mol. The van der Waals surface area contributed by atoms with E-state index in [1.165, 1.54) is 4.90 Å². The zero-order valence-corrected chi connectivity index (χ0v) is 24.4. The summed E-state index contributed by atoms with van der Waals surface area (Å²) in [5.74, 6) is -0.879. The van der Waals surface area contributed by atoms with Crippen molar-refractivity contribution in [1.82, 2.24) is 0 Å². The highest BCUT2D eigenvalue weighted by Gasteiger charge is 2.47. The van der Waals surface area contributed by atoms with Gasteiger partial charge >= 0.3 is 0 Å². The Morgan fingerprint density at radius 3 is 2.08 bits per heavy atom. The predicted octanol–water partition coefficient (Wildman–Crippen LogP) is 7.25. The van der Waals surface area contributed by atoms with Crippen LogP contribution in [0.1, 0.15) is 69.7 Å². The molecule has 1 heterocycles. The van der Waals surface area contributed by atoms with Gasteiger partial charge in [-0.3, -0.25) is 14.5 Å². The minimum Gasteiger partial charge on any atom is -0.507 e. The minimum absolute atomic E-state index is 0.0556. The lowest BCUT2D eigenvalue weighted by Crippen LogP contribution is -2.29. The fourth-order valence-corrected chi connectivity index (χ4v) is 4.90. The number of ether oxygens (including phenoxy) is 1. The number of rotatable bonds is 9. The van der Waals surface area contributed by atoms with Crippen molar-refractivity contribution >= 4 is 28.8 Å². The number of carbonyl (C=O) groups excluding carboxylic acids is 2. The Bertz CT molecular complexity index is 1370. The molecule has 6 heteroatoms. The molecule has 1 aliphatic heterocycles. The molecule has 4 rings (SSSR count). The number of aliphatic hydroxyl groups excluding tert-OH is 1. The van der Waals surface area contributed by atoms with Crippen LogP contribution in [0.2, 0.25) is 0 Å². The van der Waals surface area contributed by atoms with Gasteiger partial charge in [-0.2, -0.15) is 0 Å². The number of hydrogen-bond donors (Lipinski definition) is 1. The zero-order chi connectivity index (χ0) is 29.0. The molecule has 0 radical (unpaired) electrons. The van der Waals surface area contributed by atoms with E-state index < -0.39 is 17.7 Å². The van der Waals surface area contributed by atoms with Gasteiger partial charge in [-0.05, 0) is 71.5 Å². The van der Waals surface area contributed by atoms with E-state index in [0.29, 0.717) is 23.6 Å². The second-order valence-electron chi connectivity index (χ2n) is 11.5. The van der Waals surface area contributed by atoms with Gasteiger partial charge < -0.3 is 14.7 Å². The SMILES string of the molecule is CCCCCOc1ccc(/C(O)=C2\C(=O)C(=O)N(c3ccc(C(C)(C)C)cc3)C2c2ccc(N(C)C)cc2)cc1. The number of ketones is 1. The summed E-state index contributed by atoms with van der Waals surface area (Å²) < 4.78 is 5.80. The Balaban J connectivity index is 1.77. The average Bonchev–Trinajstić information content (AvgIpc) is 3.20. The fraction of sp³-hybridized carbons (Fsp3) is 0.353. The van der Waals surface area contributed by atoms with Crippen LogP contribution in [0, 0.1) is 0 Å². The number of benzene rings is 3. The number of Topliss-reactive ketones (excluding diaryl/α,β-unsaturated/α-hetero) is 1. The number of carbonyl (C=O) groups is 2. The van der Waals surface area contributed by atoms with Gasteiger partial charge in [-0.1, -0.05) is 64.8 Å². The standard InChI is InChI=1S/C34H40N2O4/c1-7-8-9-22-40-28-20-12-24(13-21-28)31(37)29-30(23-10-16-26(17-11-23)35(5)6)36(33(39)32(29)38)27-18-14-25(15-19-27)34(2,3)4/h10-21,30,37H,7-9,22H2,1-6H3/b31-29+. The van der Waals surface area contributed by atoms with Gasteiger partial charge in [0.15, 0.2) is 0 Å². The Hall–Kier alpha value is -4.06. The molecular formula is C34H40N2O4. The molecule has 0 bridgehead atoms. The molecule has 40 heavy (non-hydrogen) atoms. The van der Waals surface area contributed by atoms with Crippen molar-refractivity contribution in [3.63, 3.8) is 0 Å². The van der Waals surface area contributed by atoms with Crippen molar-refractivity contribution in [3.05, 3.63) is 95.1 Å². The largest absolute Gasteiger partial charge is 0.507 e. The van der Waals surface area contributed by atoms with Crippen LogP contribution in [-0.2, 0) is 15.0 Å². The molecule has 0 aromatic heterocycles. The van der Waals surface area contributed by atoms with Crippen molar-refractivity contribution < 1.29 is 19.4 Å². The normalized spacial score (nSPS) is 16.9. The molecule has 1 amide bonds. The molecule has 0 saturated carbocycles. The van der Waals surface area contributed by atoms with Gasteiger partial charge in [0, 0.05) is 31.0 Å². The highest BCUT2D eigenvalue weighted by atomic mass is 16.5. The number of amides is 1. The highest BCUT2D eigenvalue weighted by molar-refractivity contribution is 6.51. The summed E-state index contributed by atoms with van der Waals surface area (Å²) in [6.45, 7) is 9.15. The maximum absolute atomic E-state index is 13.5. The van der Waals surface area contributed by atoms with Gasteiger partial charge in [0.2, 0.25) is 0 Å². The number of aliphatic hydroxyl groups is 1. The molecule has 1 aliphatic rings. The molecule has 1 N–H and O–H groups in total. The first-order chi connectivity index (χ1) is 19.0. The molecule has 6 nitrogen and oxygen atoms in total. The molecule has 3 aromatic rings. The second kappa shape index (κ2) is 12.0. The average molecular weight is 541 g/mol. The van der Waals surface area contributed by atoms with Crippen molar-refractivity contribution in [2.75, 3.05) is 30.5 Å². The Labute approximate surface area is 237 Å². The first kappa shape index (κ1) is 28.9. The summed E-state index contributed by atoms with van der Waals surface area (Å²) >= 11 is 0. The summed E-state index contributed by atoms with van der Waals surface area (Å²) in [6.07, 6.45) is 3.20. The third-order valence-corrected chi connectivity index (χ3v) is 7.33. The Morgan fingerprint density at radius 2 is 1.52 bits per heavy atom. The molecule has 0 spiro atoms. The molecule has 1 saturated heterocycles. The van der Waals surface area contributed by atoms with Crippen LogP contribution in [0.25, 0.3) is 5.76 Å². The topological polar surface area (TPSA) is 70.1 Å². The zero-order valence-electron chi connectivity index (χ0n) is 24.4. The number of hydrogen-bond acceptors (Lipinski definition) is 5. The molecule has 3 aromatic carbocycles. The summed E-state index contributed by atoms with van der Waals surface area (Å²) in [4.78, 5) is 30.5. The van der Waals surface area contributed by atoms with Gasteiger partial charge in [0.25, 0.3) is 11.7 Å². The van der Waals surface area contributed by atoms with E-state index in [2.05, 4.69) is 27.7 Å². The van der Waals surface area contributed by atoms with Crippen molar-refractivity contribution in [2.24, 2.45) is 0 Å². The monoisotopic (exact) mass is 540 g/mol. The lowest BCUT2D eigenvalue weighted by atomic mass is 9.87. The first-order valence-corrected chi connectivity index (χ1v) is 13.9. The number of unbranched alkanes of at least 4 members (excludes halogenated alkanes) is 2. The fourth-order valence-electron chi connectivity index (χ4n) is 4.90. The third kappa shape index (κ3) is 6.06. The van der Waals surface area contributed by atoms with Crippen LogP contribution >= 0.6 is 0 Å². The van der Waals surface area contributed by atoms with Crippen LogP contribution in [-0.4, -0.2) is 37.5 Å². The quantitative estimate of drug-likeness (QED) is 0.134. The minimum atomic E-state index is -0.776. The summed E-state index contributed by atoms with van der Waals surface area (Å²) in [5, 5.41) is 11.5. The number of nitrogens with zero attached hydrogens (tertiary/aromatic N) is 2. The van der Waals surface area contributed by atoms with E-state index in [9.17, 15) is 14.7 Å². The van der Waals surface area contributed by atoms with Crippen LogP contribution in [0.4, 0.5) is 11.4 Å². The van der Waals surface area contributed by atoms with Crippen molar-refractivity contribution in [3.8, 4) is 5.75 Å². The van der Waals surface area contributed by atoms with E-state index in [1.807, 2.05) is 67.5 Å².